The average Bonchev–Trinajstić information content (AvgIpc) is 2.28. The molecule has 1 N–H and O–H groups in total. The van der Waals surface area contributed by atoms with E-state index in [1.54, 1.807) is 45.0 Å². The Hall–Kier alpha value is -1.36. The van der Waals surface area contributed by atoms with E-state index in [-0.39, 0.29) is 17.2 Å². The zero-order valence-corrected chi connectivity index (χ0v) is 11.6. The van der Waals surface area contributed by atoms with Gasteiger partial charge in [-0.15, -0.1) is 0 Å². The molecule has 0 aromatic heterocycles. The van der Waals surface area contributed by atoms with Crippen LogP contribution < -0.4 is 0 Å². The molecular formula is C13H18O4S. The fourth-order valence-electron chi connectivity index (χ4n) is 1.64. The molecule has 0 aliphatic heterocycles. The Kier molecular flexibility index (Phi) is 4.51. The van der Waals surface area contributed by atoms with Gasteiger partial charge in [0, 0.05) is 0 Å². The fourth-order valence-corrected chi connectivity index (χ4v) is 2.70. The third-order valence-electron chi connectivity index (χ3n) is 2.88. The van der Waals surface area contributed by atoms with E-state index in [2.05, 4.69) is 0 Å². The van der Waals surface area contributed by atoms with Crippen LogP contribution >= 0.6 is 0 Å². The highest BCUT2D eigenvalue weighted by Gasteiger charge is 2.19. The Balaban J connectivity index is 2.97. The number of rotatable bonds is 5. The summed E-state index contributed by atoms with van der Waals surface area (Å²) < 4.78 is 23.8. The molecule has 0 heterocycles. The fraction of sp³-hybridized carbons (Fsp3) is 0.462. The first-order valence-electron chi connectivity index (χ1n) is 5.80. The minimum Gasteiger partial charge on any atom is -0.481 e. The van der Waals surface area contributed by atoms with E-state index in [0.717, 1.165) is 5.56 Å². The summed E-state index contributed by atoms with van der Waals surface area (Å²) in [6.45, 7) is 5.08. The Morgan fingerprint density at radius 1 is 1.17 bits per heavy atom. The van der Waals surface area contributed by atoms with E-state index in [1.807, 2.05) is 0 Å². The quantitative estimate of drug-likeness (QED) is 0.892. The number of hydrogen-bond donors (Lipinski definition) is 1. The maximum atomic E-state index is 11.9. The van der Waals surface area contributed by atoms with Gasteiger partial charge in [-0.25, -0.2) is 8.42 Å². The van der Waals surface area contributed by atoms with E-state index < -0.39 is 21.1 Å². The van der Waals surface area contributed by atoms with Crippen LogP contribution in [0.5, 0.6) is 0 Å². The lowest BCUT2D eigenvalue weighted by molar-refractivity contribution is -0.137. The summed E-state index contributed by atoms with van der Waals surface area (Å²) in [4.78, 5) is 10.9. The number of carboxylic acid groups (broad SMARTS) is 1. The lowest BCUT2D eigenvalue weighted by Gasteiger charge is -2.11. The normalized spacial score (nSPS) is 13.6. The Bertz CT molecular complexity index is 514. The van der Waals surface area contributed by atoms with Crippen LogP contribution in [0.3, 0.4) is 0 Å². The minimum absolute atomic E-state index is 0.0380. The van der Waals surface area contributed by atoms with Gasteiger partial charge in [0.15, 0.2) is 9.84 Å². The Morgan fingerprint density at radius 2 is 1.67 bits per heavy atom. The summed E-state index contributed by atoms with van der Waals surface area (Å²) in [6.07, 6.45) is 0.0380. The molecule has 1 aromatic rings. The van der Waals surface area contributed by atoms with Gasteiger partial charge < -0.3 is 5.11 Å². The highest BCUT2D eigenvalue weighted by molar-refractivity contribution is 7.92. The van der Waals surface area contributed by atoms with E-state index in [1.165, 1.54) is 0 Å². The summed E-state index contributed by atoms with van der Waals surface area (Å²) in [6, 6.07) is 6.46. The standard InChI is InChI=1S/C13H18O4S/c1-9(2)18(16,17)12-6-4-11(5-7-12)10(3)8-13(14)15/h4-7,9-10H,8H2,1-3H3,(H,14,15). The van der Waals surface area contributed by atoms with E-state index in [9.17, 15) is 13.2 Å². The first-order chi connectivity index (χ1) is 8.25. The predicted octanol–water partition coefficient (Wildman–Crippen LogP) is 2.45. The van der Waals surface area contributed by atoms with Gasteiger partial charge in [0.2, 0.25) is 0 Å². The van der Waals surface area contributed by atoms with Crippen molar-refractivity contribution in [1.29, 1.82) is 0 Å². The topological polar surface area (TPSA) is 71.4 Å². The van der Waals surface area contributed by atoms with Crippen LogP contribution in [0.15, 0.2) is 29.2 Å². The molecule has 1 rings (SSSR count). The number of sulfone groups is 1. The van der Waals surface area contributed by atoms with Gasteiger partial charge >= 0.3 is 5.97 Å². The molecule has 1 unspecified atom stereocenters. The van der Waals surface area contributed by atoms with E-state index >= 15 is 0 Å². The van der Waals surface area contributed by atoms with E-state index in [0.29, 0.717) is 0 Å². The zero-order chi connectivity index (χ0) is 13.9. The van der Waals surface area contributed by atoms with Gasteiger partial charge in [-0.05, 0) is 37.5 Å². The molecule has 4 nitrogen and oxygen atoms in total. The molecule has 0 aliphatic rings. The third-order valence-corrected chi connectivity index (χ3v) is 5.05. The van der Waals surface area contributed by atoms with Crippen LogP contribution in [0.2, 0.25) is 0 Å². The molecule has 0 radical (unpaired) electrons. The summed E-state index contributed by atoms with van der Waals surface area (Å²) in [5, 5.41) is 8.25. The number of carboxylic acids is 1. The molecule has 0 bridgehead atoms. The summed E-state index contributed by atoms with van der Waals surface area (Å²) in [5.41, 5.74) is 0.833. The molecule has 0 fully saturated rings. The SMILES string of the molecule is CC(CC(=O)O)c1ccc(S(=O)(=O)C(C)C)cc1. The van der Waals surface area contributed by atoms with Crippen LogP contribution in [-0.2, 0) is 14.6 Å². The predicted molar refractivity (Wildman–Crippen MR) is 69.4 cm³/mol. The van der Waals surface area contributed by atoms with Crippen molar-refractivity contribution in [3.05, 3.63) is 29.8 Å². The van der Waals surface area contributed by atoms with Crippen molar-refractivity contribution in [2.45, 2.75) is 43.3 Å². The Morgan fingerprint density at radius 3 is 2.06 bits per heavy atom. The molecule has 18 heavy (non-hydrogen) atoms. The smallest absolute Gasteiger partial charge is 0.303 e. The largest absolute Gasteiger partial charge is 0.481 e. The van der Waals surface area contributed by atoms with Crippen LogP contribution in [0.4, 0.5) is 0 Å². The maximum absolute atomic E-state index is 11.9. The van der Waals surface area contributed by atoms with Crippen molar-refractivity contribution in [2.75, 3.05) is 0 Å². The monoisotopic (exact) mass is 270 g/mol. The number of hydrogen-bond acceptors (Lipinski definition) is 3. The maximum Gasteiger partial charge on any atom is 0.303 e. The Labute approximate surface area is 108 Å². The third kappa shape index (κ3) is 3.32. The van der Waals surface area contributed by atoms with Gasteiger partial charge in [-0.3, -0.25) is 4.79 Å². The van der Waals surface area contributed by atoms with Crippen molar-refractivity contribution < 1.29 is 18.3 Å². The van der Waals surface area contributed by atoms with Gasteiger partial charge in [0.05, 0.1) is 16.6 Å². The molecular weight excluding hydrogens is 252 g/mol. The first kappa shape index (κ1) is 14.7. The van der Waals surface area contributed by atoms with Crippen molar-refractivity contribution in [2.24, 2.45) is 0 Å². The molecule has 5 heteroatoms. The average molecular weight is 270 g/mol. The van der Waals surface area contributed by atoms with Crippen LogP contribution in [-0.4, -0.2) is 24.7 Å². The van der Waals surface area contributed by atoms with Gasteiger partial charge in [-0.1, -0.05) is 19.1 Å². The van der Waals surface area contributed by atoms with Crippen LogP contribution in [0, 0.1) is 0 Å². The zero-order valence-electron chi connectivity index (χ0n) is 10.8. The molecule has 0 amide bonds. The van der Waals surface area contributed by atoms with Crippen LogP contribution in [0.25, 0.3) is 0 Å². The van der Waals surface area contributed by atoms with E-state index in [4.69, 9.17) is 5.11 Å². The second kappa shape index (κ2) is 5.52. The molecule has 0 spiro atoms. The highest BCUT2D eigenvalue weighted by atomic mass is 32.2. The molecule has 0 saturated heterocycles. The van der Waals surface area contributed by atoms with Gasteiger partial charge in [-0.2, -0.15) is 0 Å². The number of carbonyl (C=O) groups is 1. The minimum atomic E-state index is -3.26. The lowest BCUT2D eigenvalue weighted by atomic mass is 9.98. The van der Waals surface area contributed by atoms with Crippen LogP contribution in [0.1, 0.15) is 38.7 Å². The van der Waals surface area contributed by atoms with Crippen molar-refractivity contribution in [3.8, 4) is 0 Å². The lowest BCUT2D eigenvalue weighted by Crippen LogP contribution is -2.14. The molecule has 0 saturated carbocycles. The van der Waals surface area contributed by atoms with Gasteiger partial charge in [0.25, 0.3) is 0 Å². The van der Waals surface area contributed by atoms with Crippen molar-refractivity contribution >= 4 is 15.8 Å². The second-order valence-corrected chi connectivity index (χ2v) is 7.17. The molecule has 1 atom stereocenters. The first-order valence-corrected chi connectivity index (χ1v) is 7.35. The van der Waals surface area contributed by atoms with Crippen molar-refractivity contribution in [1.82, 2.24) is 0 Å². The molecule has 100 valence electrons. The number of benzene rings is 1. The van der Waals surface area contributed by atoms with Gasteiger partial charge in [0.1, 0.15) is 0 Å². The van der Waals surface area contributed by atoms with Crippen molar-refractivity contribution in [3.63, 3.8) is 0 Å². The summed E-state index contributed by atoms with van der Waals surface area (Å²) >= 11 is 0. The summed E-state index contributed by atoms with van der Waals surface area (Å²) in [7, 11) is -3.26. The second-order valence-electron chi connectivity index (χ2n) is 4.66. The highest BCUT2D eigenvalue weighted by Crippen LogP contribution is 2.22. The summed E-state index contributed by atoms with van der Waals surface area (Å²) in [5.74, 6) is -0.986. The molecule has 0 aliphatic carbocycles. The molecule has 1 aromatic carbocycles. The number of aliphatic carboxylic acids is 1.